The summed E-state index contributed by atoms with van der Waals surface area (Å²) in [5, 5.41) is 0. The molecule has 0 saturated carbocycles. The Morgan fingerprint density at radius 3 is 2.68 bits per heavy atom. The summed E-state index contributed by atoms with van der Waals surface area (Å²) in [5.41, 5.74) is -0.783. The van der Waals surface area contributed by atoms with Crippen LogP contribution in [0, 0.1) is 0 Å². The van der Waals surface area contributed by atoms with Crippen LogP contribution in [0.25, 0.3) is 0 Å². The van der Waals surface area contributed by atoms with Gasteiger partial charge in [-0.1, -0.05) is 12.1 Å². The number of carbonyl (C=O) groups is 1. The van der Waals surface area contributed by atoms with Gasteiger partial charge in [-0.2, -0.15) is 17.5 Å². The van der Waals surface area contributed by atoms with E-state index in [2.05, 4.69) is 9.13 Å². The summed E-state index contributed by atoms with van der Waals surface area (Å²) in [6, 6.07) is 4.41. The zero-order valence-electron chi connectivity index (χ0n) is 11.5. The van der Waals surface area contributed by atoms with E-state index in [4.69, 9.17) is 0 Å². The number of allylic oxidation sites excluding steroid dienone is 1. The molecule has 0 bridgehead atoms. The first-order valence-corrected chi connectivity index (χ1v) is 7.02. The van der Waals surface area contributed by atoms with E-state index in [1.165, 1.54) is 25.3 Å². The summed E-state index contributed by atoms with van der Waals surface area (Å²) in [5.74, 6) is -0.754. The van der Waals surface area contributed by atoms with Crippen LogP contribution < -0.4 is 0 Å². The molecule has 9 heteroatoms. The zero-order valence-corrected chi connectivity index (χ0v) is 12.4. The smallest absolute Gasteiger partial charge is 0.416 e. The molecule has 0 saturated heterocycles. The van der Waals surface area contributed by atoms with E-state index < -0.39 is 29.3 Å². The maximum atomic E-state index is 12.7. The quantitative estimate of drug-likeness (QED) is 0.614. The average Bonchev–Trinajstić information content (AvgIpc) is 2.48. The maximum absolute atomic E-state index is 12.7. The predicted molar refractivity (Wildman–Crippen MR) is 74.0 cm³/mol. The van der Waals surface area contributed by atoms with Gasteiger partial charge in [-0.15, -0.1) is 0 Å². The van der Waals surface area contributed by atoms with E-state index in [0.29, 0.717) is 0 Å². The van der Waals surface area contributed by atoms with Crippen LogP contribution in [-0.4, -0.2) is 34.7 Å². The van der Waals surface area contributed by atoms with Crippen molar-refractivity contribution >= 4 is 23.2 Å². The minimum atomic E-state index is -4.50. The Labute approximate surface area is 127 Å². The number of hydrogen-bond donors (Lipinski definition) is 0. The molecular formula is C13H11F3N2O3S. The normalized spacial score (nSPS) is 18.6. The molecule has 0 spiro atoms. The molecule has 22 heavy (non-hydrogen) atoms. The van der Waals surface area contributed by atoms with Crippen molar-refractivity contribution in [3.8, 4) is 0 Å². The van der Waals surface area contributed by atoms with Crippen molar-refractivity contribution < 1.29 is 27.3 Å². The Balaban J connectivity index is 2.46. The van der Waals surface area contributed by atoms with E-state index >= 15 is 0 Å². The van der Waals surface area contributed by atoms with Gasteiger partial charge in [-0.25, -0.2) is 4.79 Å². The summed E-state index contributed by atoms with van der Waals surface area (Å²) in [6.07, 6.45) is -3.27. The zero-order chi connectivity index (χ0) is 16.5. The van der Waals surface area contributed by atoms with E-state index in [0.717, 1.165) is 23.5 Å². The average molecular weight is 332 g/mol. The highest BCUT2D eigenvalue weighted by Crippen LogP contribution is 2.30. The first-order chi connectivity index (χ1) is 10.2. The van der Waals surface area contributed by atoms with E-state index in [-0.39, 0.29) is 17.0 Å². The molecule has 0 fully saturated rings. The van der Waals surface area contributed by atoms with Crippen molar-refractivity contribution in [3.63, 3.8) is 0 Å². The number of nitrogens with zero attached hydrogens (tertiary/aromatic N) is 2. The van der Waals surface area contributed by atoms with Gasteiger partial charge in [-0.05, 0) is 16.5 Å². The molecule has 1 atom stereocenters. The van der Waals surface area contributed by atoms with Gasteiger partial charge in [0, 0.05) is 11.6 Å². The fraction of sp³-hybridized carbons (Fsp3) is 0.231. The fourth-order valence-corrected chi connectivity index (χ4v) is 2.50. The second-order valence-electron chi connectivity index (χ2n) is 4.30. The van der Waals surface area contributed by atoms with Crippen LogP contribution in [0.15, 0.2) is 40.4 Å². The molecule has 0 radical (unpaired) electrons. The van der Waals surface area contributed by atoms with Crippen molar-refractivity contribution in [1.29, 1.82) is 0 Å². The summed E-state index contributed by atoms with van der Waals surface area (Å²) < 4.78 is 59.5. The maximum Gasteiger partial charge on any atom is 0.416 e. The molecule has 118 valence electrons. The predicted octanol–water partition coefficient (Wildman–Crippen LogP) is 2.08. The number of methoxy groups -OCH3 is 1. The molecule has 0 amide bonds. The number of halogens is 3. The van der Waals surface area contributed by atoms with Crippen molar-refractivity contribution in [2.75, 3.05) is 14.2 Å². The van der Waals surface area contributed by atoms with Gasteiger partial charge in [0.1, 0.15) is 5.71 Å². The number of hydrogen-bond acceptors (Lipinski definition) is 5. The molecule has 1 heterocycles. The van der Waals surface area contributed by atoms with Gasteiger partial charge < -0.3 is 9.29 Å². The van der Waals surface area contributed by atoms with Crippen LogP contribution >= 0.6 is 0 Å². The van der Waals surface area contributed by atoms with Crippen LogP contribution in [0.2, 0.25) is 0 Å². The highest BCUT2D eigenvalue weighted by molar-refractivity contribution is 7.88. The molecule has 5 nitrogen and oxygen atoms in total. The van der Waals surface area contributed by atoms with Crippen LogP contribution in [0.3, 0.4) is 0 Å². The molecule has 1 aromatic carbocycles. The highest BCUT2D eigenvalue weighted by atomic mass is 32.2. The number of benzene rings is 1. The van der Waals surface area contributed by atoms with Gasteiger partial charge in [0.2, 0.25) is 11.5 Å². The lowest BCUT2D eigenvalue weighted by Gasteiger charge is -2.22. The Morgan fingerprint density at radius 1 is 1.41 bits per heavy atom. The number of carbonyl (C=O) groups excluding carboxylic acids is 1. The lowest BCUT2D eigenvalue weighted by atomic mass is 10.1. The van der Waals surface area contributed by atoms with E-state index in [1.54, 1.807) is 0 Å². The summed E-state index contributed by atoms with van der Waals surface area (Å²) in [7, 11) is 2.51. The number of rotatable bonds is 2. The third kappa shape index (κ3) is 3.25. The Bertz CT molecular complexity index is 658. The van der Waals surface area contributed by atoms with Gasteiger partial charge in [0.05, 0.1) is 19.7 Å². The van der Waals surface area contributed by atoms with Crippen LogP contribution in [0.5, 0.6) is 0 Å². The monoisotopic (exact) mass is 332 g/mol. The molecule has 1 aliphatic rings. The Kier molecular flexibility index (Phi) is 4.47. The molecule has 1 aromatic rings. The third-order valence-electron chi connectivity index (χ3n) is 2.90. The number of esters is 1. The van der Waals surface area contributed by atoms with Crippen LogP contribution in [0.4, 0.5) is 13.2 Å². The van der Waals surface area contributed by atoms with Gasteiger partial charge in [0.25, 0.3) is 0 Å². The second-order valence-corrected chi connectivity index (χ2v) is 5.50. The van der Waals surface area contributed by atoms with Gasteiger partial charge >= 0.3 is 12.1 Å². The minimum Gasteiger partial charge on any atom is -0.566 e. The second kappa shape index (κ2) is 6.01. The van der Waals surface area contributed by atoms with Gasteiger partial charge in [-0.3, -0.25) is 0 Å². The van der Waals surface area contributed by atoms with E-state index in [9.17, 15) is 22.5 Å². The van der Waals surface area contributed by atoms with E-state index in [1.807, 2.05) is 0 Å². The minimum absolute atomic E-state index is 0.0166. The Morgan fingerprint density at radius 2 is 2.09 bits per heavy atom. The lowest BCUT2D eigenvalue weighted by Crippen LogP contribution is -2.33. The fourth-order valence-electron chi connectivity index (χ4n) is 1.76. The summed E-state index contributed by atoms with van der Waals surface area (Å²) in [6.45, 7) is 0. The Hall–Kier alpha value is -2.00. The topological polar surface area (TPSA) is 65.0 Å². The largest absolute Gasteiger partial charge is 0.566 e. The first kappa shape index (κ1) is 16.4. The third-order valence-corrected chi connectivity index (χ3v) is 3.92. The molecule has 1 unspecified atom stereocenters. The lowest BCUT2D eigenvalue weighted by molar-refractivity contribution is -0.138. The summed E-state index contributed by atoms with van der Waals surface area (Å²) >= 11 is -1.92. The standard InChI is InChI=1S/C13H11F3N2O3S/c1-18-11(12(19)21-2)7-10(17-22(18)20)8-4-3-5-9(6-8)13(14,15)16/h3-7H,1-2H3. The number of likely N-dealkylation sites (N-methyl/N-ethyl adjacent to an activating group) is 1. The summed E-state index contributed by atoms with van der Waals surface area (Å²) in [4.78, 5) is 11.6. The number of alkyl halides is 3. The van der Waals surface area contributed by atoms with Crippen molar-refractivity contribution in [2.45, 2.75) is 6.18 Å². The highest BCUT2D eigenvalue weighted by Gasteiger charge is 2.33. The van der Waals surface area contributed by atoms with Crippen LogP contribution in [-0.2, 0) is 27.3 Å². The molecule has 1 aliphatic heterocycles. The molecule has 0 N–H and O–H groups in total. The van der Waals surface area contributed by atoms with Crippen LogP contribution in [0.1, 0.15) is 11.1 Å². The molecule has 2 rings (SSSR count). The van der Waals surface area contributed by atoms with Gasteiger partial charge in [0.15, 0.2) is 5.70 Å². The molecule has 0 aliphatic carbocycles. The van der Waals surface area contributed by atoms with Crippen molar-refractivity contribution in [2.24, 2.45) is 4.40 Å². The van der Waals surface area contributed by atoms with Crippen molar-refractivity contribution in [1.82, 2.24) is 4.31 Å². The first-order valence-electron chi connectivity index (χ1n) is 5.96. The number of ether oxygens (including phenoxy) is 1. The van der Waals surface area contributed by atoms with Crippen molar-refractivity contribution in [3.05, 3.63) is 47.2 Å². The SMILES string of the molecule is COC(=O)C1=CC(c2cccc(C(F)(F)F)c2)=N[S+]([O-])N1C. The molecular weight excluding hydrogens is 321 g/mol. The molecule has 0 aromatic heterocycles.